The van der Waals surface area contributed by atoms with Crippen LogP contribution in [0.4, 0.5) is 5.69 Å². The lowest BCUT2D eigenvalue weighted by Crippen LogP contribution is -2.25. The van der Waals surface area contributed by atoms with E-state index < -0.39 is 17.9 Å². The second-order valence-corrected chi connectivity index (χ2v) is 3.83. The number of hydrogen-bond acceptors (Lipinski definition) is 3. The van der Waals surface area contributed by atoms with Crippen molar-refractivity contribution in [3.63, 3.8) is 0 Å². The molecular formula is C12H15NO4. The average Bonchev–Trinajstić information content (AvgIpc) is 2.25. The van der Waals surface area contributed by atoms with Gasteiger partial charge in [-0.25, -0.2) is 0 Å². The standard InChI is InChI=1S/C12H15NO4/c1-8-4-2-3-5-10(8)13-7-9(12(16)17)6-11(14)15/h2-5,9,13H,6-7H2,1H3,(H,14,15)(H,16,17). The molecule has 1 atom stereocenters. The smallest absolute Gasteiger partial charge is 0.308 e. The van der Waals surface area contributed by atoms with E-state index in [9.17, 15) is 9.59 Å². The third kappa shape index (κ3) is 4.14. The second-order valence-electron chi connectivity index (χ2n) is 3.83. The summed E-state index contributed by atoms with van der Waals surface area (Å²) in [5.41, 5.74) is 1.82. The second kappa shape index (κ2) is 5.89. The van der Waals surface area contributed by atoms with E-state index in [1.54, 1.807) is 0 Å². The number of anilines is 1. The van der Waals surface area contributed by atoms with Gasteiger partial charge in [0.25, 0.3) is 0 Å². The molecule has 0 spiro atoms. The largest absolute Gasteiger partial charge is 0.481 e. The molecule has 17 heavy (non-hydrogen) atoms. The van der Waals surface area contributed by atoms with Gasteiger partial charge in [-0.2, -0.15) is 0 Å². The topological polar surface area (TPSA) is 86.6 Å². The fraction of sp³-hybridized carbons (Fsp3) is 0.333. The van der Waals surface area contributed by atoms with Crippen molar-refractivity contribution < 1.29 is 19.8 Å². The maximum atomic E-state index is 10.8. The Balaban J connectivity index is 2.61. The molecule has 0 saturated carbocycles. The summed E-state index contributed by atoms with van der Waals surface area (Å²) >= 11 is 0. The molecule has 0 radical (unpaired) electrons. The van der Waals surface area contributed by atoms with Gasteiger partial charge in [-0.15, -0.1) is 0 Å². The van der Waals surface area contributed by atoms with E-state index in [-0.39, 0.29) is 13.0 Å². The van der Waals surface area contributed by atoms with Crippen molar-refractivity contribution in [1.29, 1.82) is 0 Å². The number of rotatable bonds is 6. The normalized spacial score (nSPS) is 11.8. The predicted molar refractivity (Wildman–Crippen MR) is 63.0 cm³/mol. The summed E-state index contributed by atoms with van der Waals surface area (Å²) < 4.78 is 0. The third-order valence-electron chi connectivity index (χ3n) is 2.45. The van der Waals surface area contributed by atoms with Crippen molar-refractivity contribution in [3.8, 4) is 0 Å². The lowest BCUT2D eigenvalue weighted by Gasteiger charge is -2.13. The summed E-state index contributed by atoms with van der Waals surface area (Å²) in [7, 11) is 0. The summed E-state index contributed by atoms with van der Waals surface area (Å²) in [6.45, 7) is 2.00. The Hall–Kier alpha value is -2.04. The van der Waals surface area contributed by atoms with Crippen molar-refractivity contribution in [3.05, 3.63) is 29.8 Å². The maximum absolute atomic E-state index is 10.8. The van der Waals surface area contributed by atoms with Crippen molar-refractivity contribution in [2.45, 2.75) is 13.3 Å². The highest BCUT2D eigenvalue weighted by molar-refractivity contribution is 5.78. The lowest BCUT2D eigenvalue weighted by atomic mass is 10.1. The average molecular weight is 237 g/mol. The molecule has 0 saturated heterocycles. The van der Waals surface area contributed by atoms with Crippen molar-refractivity contribution >= 4 is 17.6 Å². The number of para-hydroxylation sites is 1. The van der Waals surface area contributed by atoms with Crippen LogP contribution < -0.4 is 5.32 Å². The fourth-order valence-electron chi connectivity index (χ4n) is 1.46. The van der Waals surface area contributed by atoms with Crippen LogP contribution in [0.2, 0.25) is 0 Å². The Kier molecular flexibility index (Phi) is 4.51. The molecule has 0 aliphatic rings. The minimum absolute atomic E-state index is 0.104. The fourth-order valence-corrected chi connectivity index (χ4v) is 1.46. The molecule has 5 nitrogen and oxygen atoms in total. The molecule has 0 fully saturated rings. The Morgan fingerprint density at radius 3 is 2.47 bits per heavy atom. The monoisotopic (exact) mass is 237 g/mol. The van der Waals surface area contributed by atoms with E-state index in [1.807, 2.05) is 31.2 Å². The first-order valence-electron chi connectivity index (χ1n) is 5.25. The molecule has 0 bridgehead atoms. The number of nitrogens with one attached hydrogen (secondary N) is 1. The molecular weight excluding hydrogens is 222 g/mol. The number of aryl methyl sites for hydroxylation is 1. The van der Waals surface area contributed by atoms with E-state index in [0.717, 1.165) is 11.3 Å². The Morgan fingerprint density at radius 1 is 1.29 bits per heavy atom. The van der Waals surface area contributed by atoms with Crippen LogP contribution >= 0.6 is 0 Å². The van der Waals surface area contributed by atoms with Crippen LogP contribution in [-0.4, -0.2) is 28.7 Å². The van der Waals surface area contributed by atoms with Crippen LogP contribution in [0.3, 0.4) is 0 Å². The van der Waals surface area contributed by atoms with Gasteiger partial charge in [-0.1, -0.05) is 18.2 Å². The van der Waals surface area contributed by atoms with Crippen LogP contribution in [0.25, 0.3) is 0 Å². The molecule has 1 unspecified atom stereocenters. The van der Waals surface area contributed by atoms with E-state index in [1.165, 1.54) is 0 Å². The van der Waals surface area contributed by atoms with Gasteiger partial charge in [-0.3, -0.25) is 9.59 Å². The zero-order valence-corrected chi connectivity index (χ0v) is 9.51. The van der Waals surface area contributed by atoms with Crippen LogP contribution in [0.15, 0.2) is 24.3 Å². The number of carbonyl (C=O) groups is 2. The number of carboxylic acid groups (broad SMARTS) is 2. The van der Waals surface area contributed by atoms with Gasteiger partial charge in [0, 0.05) is 12.2 Å². The first-order valence-corrected chi connectivity index (χ1v) is 5.25. The first kappa shape index (κ1) is 13.0. The van der Waals surface area contributed by atoms with Crippen LogP contribution in [0.5, 0.6) is 0 Å². The molecule has 1 aromatic rings. The molecule has 92 valence electrons. The molecule has 3 N–H and O–H groups in total. The Bertz CT molecular complexity index is 417. The molecule has 0 heterocycles. The number of hydrogen-bond donors (Lipinski definition) is 3. The molecule has 0 amide bonds. The van der Waals surface area contributed by atoms with Crippen molar-refractivity contribution in [1.82, 2.24) is 0 Å². The predicted octanol–water partition coefficient (Wildman–Crippen LogP) is 1.58. The third-order valence-corrected chi connectivity index (χ3v) is 2.45. The SMILES string of the molecule is Cc1ccccc1NCC(CC(=O)O)C(=O)O. The van der Waals surface area contributed by atoms with Gasteiger partial charge in [0.15, 0.2) is 0 Å². The van der Waals surface area contributed by atoms with E-state index in [4.69, 9.17) is 10.2 Å². The van der Waals surface area contributed by atoms with Gasteiger partial charge < -0.3 is 15.5 Å². The van der Waals surface area contributed by atoms with Gasteiger partial charge in [-0.05, 0) is 18.6 Å². The van der Waals surface area contributed by atoms with E-state index in [2.05, 4.69) is 5.32 Å². The highest BCUT2D eigenvalue weighted by Gasteiger charge is 2.20. The minimum atomic E-state index is -1.11. The summed E-state index contributed by atoms with van der Waals surface area (Å²) in [6, 6.07) is 7.44. The number of benzene rings is 1. The summed E-state index contributed by atoms with van der Waals surface area (Å²) in [4.78, 5) is 21.3. The molecule has 0 aliphatic carbocycles. The summed E-state index contributed by atoms with van der Waals surface area (Å²) in [6.07, 6.45) is -0.381. The summed E-state index contributed by atoms with van der Waals surface area (Å²) in [5.74, 6) is -3.13. The summed E-state index contributed by atoms with van der Waals surface area (Å²) in [5, 5.41) is 20.4. The van der Waals surface area contributed by atoms with Crippen molar-refractivity contribution in [2.75, 3.05) is 11.9 Å². The molecule has 5 heteroatoms. The van der Waals surface area contributed by atoms with E-state index in [0.29, 0.717) is 0 Å². The van der Waals surface area contributed by atoms with Crippen LogP contribution in [0, 0.1) is 12.8 Å². The lowest BCUT2D eigenvalue weighted by molar-refractivity contribution is -0.147. The Labute approximate surface area is 99.1 Å². The van der Waals surface area contributed by atoms with Gasteiger partial charge in [0.2, 0.25) is 0 Å². The van der Waals surface area contributed by atoms with Gasteiger partial charge in [0.05, 0.1) is 12.3 Å². The molecule has 1 rings (SSSR count). The van der Waals surface area contributed by atoms with Gasteiger partial charge >= 0.3 is 11.9 Å². The zero-order valence-electron chi connectivity index (χ0n) is 9.51. The molecule has 0 aromatic heterocycles. The molecule has 1 aromatic carbocycles. The number of carboxylic acids is 2. The van der Waals surface area contributed by atoms with Gasteiger partial charge in [0.1, 0.15) is 0 Å². The highest BCUT2D eigenvalue weighted by Crippen LogP contribution is 2.14. The van der Waals surface area contributed by atoms with Crippen molar-refractivity contribution in [2.24, 2.45) is 5.92 Å². The first-order chi connectivity index (χ1) is 8.00. The van der Waals surface area contributed by atoms with Crippen LogP contribution in [0.1, 0.15) is 12.0 Å². The minimum Gasteiger partial charge on any atom is -0.481 e. The number of aliphatic carboxylic acids is 2. The molecule has 0 aliphatic heterocycles. The Morgan fingerprint density at radius 2 is 1.94 bits per heavy atom. The quantitative estimate of drug-likeness (QED) is 0.699. The highest BCUT2D eigenvalue weighted by atomic mass is 16.4. The van der Waals surface area contributed by atoms with Crippen LogP contribution in [-0.2, 0) is 9.59 Å². The van der Waals surface area contributed by atoms with E-state index >= 15 is 0 Å². The zero-order chi connectivity index (χ0) is 12.8. The maximum Gasteiger partial charge on any atom is 0.308 e.